The van der Waals surface area contributed by atoms with Crippen LogP contribution in [0.25, 0.3) is 31.9 Å². The molecule has 2 aliphatic rings. The van der Waals surface area contributed by atoms with Gasteiger partial charge in [0.2, 0.25) is 0 Å². The van der Waals surface area contributed by atoms with Crippen molar-refractivity contribution in [2.45, 2.75) is 20.4 Å². The van der Waals surface area contributed by atoms with E-state index in [9.17, 15) is 0 Å². The molecule has 0 saturated carbocycles. The highest BCUT2D eigenvalue weighted by atomic mass is 28.3. The molecule has 5 aromatic carbocycles. The third-order valence-corrected chi connectivity index (χ3v) is 13.1. The van der Waals surface area contributed by atoms with E-state index in [1.165, 1.54) is 60.1 Å². The summed E-state index contributed by atoms with van der Waals surface area (Å²) in [4.78, 5) is 0. The zero-order valence-electron chi connectivity index (χ0n) is 21.0. The maximum atomic E-state index is 2.59. The van der Waals surface area contributed by atoms with Gasteiger partial charge >= 0.3 is 0 Å². The molecule has 0 fully saturated rings. The topological polar surface area (TPSA) is 0 Å². The van der Waals surface area contributed by atoms with Gasteiger partial charge in [-0.2, -0.15) is 0 Å². The van der Waals surface area contributed by atoms with Gasteiger partial charge < -0.3 is 0 Å². The second kappa shape index (κ2) is 7.91. The van der Waals surface area contributed by atoms with Crippen molar-refractivity contribution in [2.75, 3.05) is 0 Å². The van der Waals surface area contributed by atoms with E-state index in [0.717, 1.165) is 0 Å². The van der Waals surface area contributed by atoms with Crippen LogP contribution in [-0.2, 0) is 0 Å². The van der Waals surface area contributed by atoms with Crippen LogP contribution in [0.15, 0.2) is 114 Å². The summed E-state index contributed by atoms with van der Waals surface area (Å²) < 4.78 is 0. The lowest BCUT2D eigenvalue weighted by Gasteiger charge is -2.35. The third-order valence-electron chi connectivity index (χ3n) is 8.31. The zero-order valence-corrected chi connectivity index (χ0v) is 22.0. The molecule has 0 amide bonds. The van der Waals surface area contributed by atoms with Crippen LogP contribution in [0.1, 0.15) is 36.1 Å². The fourth-order valence-electron chi connectivity index (χ4n) is 6.85. The third kappa shape index (κ3) is 2.93. The Labute approximate surface area is 214 Å². The summed E-state index contributed by atoms with van der Waals surface area (Å²) in [5.74, 6) is 0. The summed E-state index contributed by atoms with van der Waals surface area (Å²) in [6, 6.07) is 38.3. The molecule has 0 saturated heterocycles. The molecule has 36 heavy (non-hydrogen) atoms. The number of benzene rings is 5. The Hall–Kier alpha value is -3.68. The largest absolute Gasteiger partial charge is 0.146 e. The van der Waals surface area contributed by atoms with Crippen molar-refractivity contribution in [2.24, 2.45) is 0 Å². The first-order valence-electron chi connectivity index (χ1n) is 12.8. The van der Waals surface area contributed by atoms with Crippen LogP contribution in [0, 0.1) is 12.8 Å². The molecule has 0 aliphatic heterocycles. The highest BCUT2D eigenvalue weighted by molar-refractivity contribution is 7.18. The minimum absolute atomic E-state index is 1.32. The molecule has 0 unspecified atom stereocenters. The van der Waals surface area contributed by atoms with Crippen LogP contribution in [0.5, 0.6) is 0 Å². The Bertz CT molecular complexity index is 1640. The Morgan fingerprint density at radius 1 is 0.472 bits per heavy atom. The highest BCUT2D eigenvalue weighted by Crippen LogP contribution is 2.52. The molecule has 7 rings (SSSR count). The van der Waals surface area contributed by atoms with Gasteiger partial charge in [-0.05, 0) is 73.2 Å². The average molecular weight is 477 g/mol. The number of rotatable bonds is 3. The molecule has 2 aliphatic carbocycles. The molecule has 172 valence electrons. The molecular weight excluding hydrogens is 448 g/mol. The molecule has 2 radical (unpaired) electrons. The molecule has 1 heteroatoms. The van der Waals surface area contributed by atoms with E-state index in [-0.39, 0.29) is 0 Å². The molecule has 0 nitrogen and oxygen atoms in total. The van der Waals surface area contributed by atoms with Crippen molar-refractivity contribution in [3.8, 4) is 0 Å². The Balaban J connectivity index is 1.60. The van der Waals surface area contributed by atoms with Gasteiger partial charge in [0.05, 0.1) is 0 Å². The molecule has 0 aromatic heterocycles. The van der Waals surface area contributed by atoms with Gasteiger partial charge in [-0.25, -0.2) is 0 Å². The van der Waals surface area contributed by atoms with Crippen LogP contribution in [0.4, 0.5) is 0 Å². The molecule has 0 N–H and O–H groups in total. The maximum Gasteiger partial charge on any atom is 0.146 e. The lowest BCUT2D eigenvalue weighted by Crippen LogP contribution is -2.48. The molecule has 5 aromatic rings. The van der Waals surface area contributed by atoms with Gasteiger partial charge in [0.15, 0.2) is 0 Å². The number of allylic oxidation sites excluding steroid dienone is 2. The van der Waals surface area contributed by atoms with Crippen molar-refractivity contribution in [1.82, 2.24) is 0 Å². The summed E-state index contributed by atoms with van der Waals surface area (Å²) in [6.45, 7) is 7.25. The quantitative estimate of drug-likeness (QED) is 0.229. The lowest BCUT2D eigenvalue weighted by atomic mass is 10.0. The summed E-state index contributed by atoms with van der Waals surface area (Å²) in [5, 5.41) is 9.95. The number of hydrogen-bond acceptors (Lipinski definition) is 0. The van der Waals surface area contributed by atoms with E-state index < -0.39 is 8.07 Å². The van der Waals surface area contributed by atoms with Gasteiger partial charge in [-0.15, -0.1) is 0 Å². The normalized spacial score (nSPS) is 15.2. The first kappa shape index (κ1) is 21.6. The van der Waals surface area contributed by atoms with Gasteiger partial charge in [0.1, 0.15) is 8.07 Å². The van der Waals surface area contributed by atoms with Gasteiger partial charge in [0, 0.05) is 12.8 Å². The SMILES string of the molecule is CC1=C([Si](C)(C2=C(C)[CH]c3ccc4ccccc4c32)c2ccccc2)c2c(ccc3ccccc23)[CH]1. The predicted octanol–water partition coefficient (Wildman–Crippen LogP) is 8.44. The fraction of sp³-hybridized carbons (Fsp3) is 0.0857. The highest BCUT2D eigenvalue weighted by Gasteiger charge is 2.46. The predicted molar refractivity (Wildman–Crippen MR) is 158 cm³/mol. The number of fused-ring (bicyclic) bond motifs is 6. The first-order valence-corrected chi connectivity index (χ1v) is 15.3. The molecule has 0 atom stereocenters. The Morgan fingerprint density at radius 2 is 0.917 bits per heavy atom. The second-order valence-corrected chi connectivity index (χ2v) is 14.2. The minimum atomic E-state index is -2.43. The standard InChI is InChI=1S/C35H28Si/c1-23-21-27-19-17-25-11-7-9-15-30(25)32(27)34(23)36(3,29-13-5-4-6-14-29)35-24(2)22-28-20-18-26-12-8-10-16-31(26)33(28)35/h4-22H,1-3H3. The fourth-order valence-corrected chi connectivity index (χ4v) is 11.8. The van der Waals surface area contributed by atoms with E-state index in [1.807, 2.05) is 0 Å². The van der Waals surface area contributed by atoms with Crippen LogP contribution >= 0.6 is 0 Å². The maximum absolute atomic E-state index is 2.59. The monoisotopic (exact) mass is 476 g/mol. The van der Waals surface area contributed by atoms with Crippen LogP contribution in [0.3, 0.4) is 0 Å². The average Bonchev–Trinajstić information content (AvgIpc) is 3.45. The summed E-state index contributed by atoms with van der Waals surface area (Å²) >= 11 is 0. The van der Waals surface area contributed by atoms with E-state index >= 15 is 0 Å². The Morgan fingerprint density at radius 3 is 1.42 bits per heavy atom. The van der Waals surface area contributed by atoms with E-state index in [0.29, 0.717) is 0 Å². The Kier molecular flexibility index (Phi) is 4.74. The number of hydrogen-bond donors (Lipinski definition) is 0. The smallest absolute Gasteiger partial charge is 0.0642 e. The minimum Gasteiger partial charge on any atom is -0.0642 e. The van der Waals surface area contributed by atoms with Crippen molar-refractivity contribution < 1.29 is 0 Å². The van der Waals surface area contributed by atoms with Crippen molar-refractivity contribution in [1.29, 1.82) is 0 Å². The van der Waals surface area contributed by atoms with E-state index in [2.05, 4.69) is 136 Å². The molecule has 0 spiro atoms. The second-order valence-electron chi connectivity index (χ2n) is 10.4. The van der Waals surface area contributed by atoms with Crippen molar-refractivity contribution in [3.63, 3.8) is 0 Å². The van der Waals surface area contributed by atoms with Gasteiger partial charge in [-0.3, -0.25) is 0 Å². The molecule has 0 heterocycles. The summed E-state index contributed by atoms with van der Waals surface area (Å²) in [7, 11) is -2.43. The zero-order chi connectivity index (χ0) is 24.4. The van der Waals surface area contributed by atoms with E-state index in [4.69, 9.17) is 0 Å². The van der Waals surface area contributed by atoms with Crippen LogP contribution in [0.2, 0.25) is 6.55 Å². The van der Waals surface area contributed by atoms with E-state index in [1.54, 1.807) is 10.4 Å². The van der Waals surface area contributed by atoms with Crippen LogP contribution in [-0.4, -0.2) is 8.07 Å². The van der Waals surface area contributed by atoms with Crippen LogP contribution < -0.4 is 5.19 Å². The lowest BCUT2D eigenvalue weighted by molar-refractivity contribution is 1.45. The molecular formula is C35H28Si. The first-order chi connectivity index (χ1) is 17.6. The van der Waals surface area contributed by atoms with Gasteiger partial charge in [0.25, 0.3) is 0 Å². The summed E-state index contributed by atoms with van der Waals surface area (Å²) in [5.41, 5.74) is 8.42. The van der Waals surface area contributed by atoms with Gasteiger partial charge in [-0.1, -0.05) is 121 Å². The summed E-state index contributed by atoms with van der Waals surface area (Å²) in [6.07, 6.45) is 4.84. The molecule has 0 bridgehead atoms. The van der Waals surface area contributed by atoms with Crippen molar-refractivity contribution >= 4 is 45.2 Å². The van der Waals surface area contributed by atoms with Crippen molar-refractivity contribution in [3.05, 3.63) is 149 Å².